The lowest BCUT2D eigenvalue weighted by atomic mass is 9.97. The molecule has 0 radical (unpaired) electrons. The van der Waals surface area contributed by atoms with Gasteiger partial charge in [-0.1, -0.05) is 66.7 Å². The van der Waals surface area contributed by atoms with E-state index in [1.807, 2.05) is 6.07 Å². The number of hydrogen-bond acceptors (Lipinski definition) is 1. The third-order valence-corrected chi connectivity index (χ3v) is 4.69. The van der Waals surface area contributed by atoms with Crippen LogP contribution in [-0.2, 0) is 6.42 Å². The first-order valence-corrected chi connectivity index (χ1v) is 7.96. The van der Waals surface area contributed by atoms with E-state index < -0.39 is 0 Å². The van der Waals surface area contributed by atoms with Crippen molar-refractivity contribution in [2.45, 2.75) is 6.42 Å². The smallest absolute Gasteiger partial charge is 0.0716 e. The fourth-order valence-corrected chi connectivity index (χ4v) is 3.62. The van der Waals surface area contributed by atoms with Crippen molar-refractivity contribution in [3.63, 3.8) is 0 Å². The Morgan fingerprint density at radius 3 is 2.39 bits per heavy atom. The van der Waals surface area contributed by atoms with E-state index in [-0.39, 0.29) is 0 Å². The SMILES string of the molecule is c1ccc2c(c1)Cc1cccc(-c3ccc4ccccc4n3)c1-2. The van der Waals surface area contributed by atoms with Gasteiger partial charge in [-0.2, -0.15) is 0 Å². The van der Waals surface area contributed by atoms with E-state index >= 15 is 0 Å². The van der Waals surface area contributed by atoms with Gasteiger partial charge in [-0.3, -0.25) is 0 Å². The van der Waals surface area contributed by atoms with Gasteiger partial charge >= 0.3 is 0 Å². The lowest BCUT2D eigenvalue weighted by molar-refractivity contribution is 1.26. The fraction of sp³-hybridized carbons (Fsp3) is 0.0455. The van der Waals surface area contributed by atoms with E-state index in [4.69, 9.17) is 4.98 Å². The van der Waals surface area contributed by atoms with Crippen LogP contribution >= 0.6 is 0 Å². The molecule has 0 N–H and O–H groups in total. The molecule has 1 nitrogen and oxygen atoms in total. The number of nitrogens with zero attached hydrogens (tertiary/aromatic N) is 1. The highest BCUT2D eigenvalue weighted by Crippen LogP contribution is 2.42. The fourth-order valence-electron chi connectivity index (χ4n) is 3.62. The van der Waals surface area contributed by atoms with Crippen LogP contribution in [0, 0.1) is 0 Å². The molecule has 0 spiro atoms. The number of pyridine rings is 1. The quantitative estimate of drug-likeness (QED) is 0.399. The summed E-state index contributed by atoms with van der Waals surface area (Å²) in [5.41, 5.74) is 8.86. The van der Waals surface area contributed by atoms with Crippen LogP contribution in [0.3, 0.4) is 0 Å². The first kappa shape index (κ1) is 12.6. The number of hydrogen-bond donors (Lipinski definition) is 0. The molecule has 1 aromatic heterocycles. The van der Waals surface area contributed by atoms with E-state index in [0.29, 0.717) is 0 Å². The van der Waals surface area contributed by atoms with Crippen LogP contribution in [-0.4, -0.2) is 4.98 Å². The Balaban J connectivity index is 1.78. The second kappa shape index (κ2) is 4.79. The van der Waals surface area contributed by atoms with Gasteiger partial charge in [-0.05, 0) is 40.8 Å². The van der Waals surface area contributed by atoms with Gasteiger partial charge in [0.2, 0.25) is 0 Å². The molecular formula is C22H15N. The average molecular weight is 293 g/mol. The van der Waals surface area contributed by atoms with Gasteiger partial charge in [-0.25, -0.2) is 4.98 Å². The first-order valence-electron chi connectivity index (χ1n) is 7.96. The van der Waals surface area contributed by atoms with Crippen LogP contribution in [0.25, 0.3) is 33.3 Å². The molecular weight excluding hydrogens is 278 g/mol. The monoisotopic (exact) mass is 293 g/mol. The molecule has 0 saturated heterocycles. The Kier molecular flexibility index (Phi) is 2.62. The maximum Gasteiger partial charge on any atom is 0.0716 e. The molecule has 0 unspecified atom stereocenters. The van der Waals surface area contributed by atoms with Crippen LogP contribution in [0.1, 0.15) is 11.1 Å². The standard InChI is InChI=1S/C22H15N/c1-3-9-18-16(7-1)14-17-8-5-10-19(22(17)18)21-13-12-15-6-2-4-11-20(15)23-21/h1-13H,14H2. The van der Waals surface area contributed by atoms with Crippen LogP contribution in [0.4, 0.5) is 0 Å². The summed E-state index contributed by atoms with van der Waals surface area (Å²) in [6.07, 6.45) is 1.02. The molecule has 108 valence electrons. The van der Waals surface area contributed by atoms with Gasteiger partial charge in [0.15, 0.2) is 0 Å². The summed E-state index contributed by atoms with van der Waals surface area (Å²) >= 11 is 0. The van der Waals surface area contributed by atoms with Crippen molar-refractivity contribution >= 4 is 10.9 Å². The van der Waals surface area contributed by atoms with Crippen molar-refractivity contribution in [1.82, 2.24) is 4.98 Å². The van der Waals surface area contributed by atoms with Crippen molar-refractivity contribution in [2.24, 2.45) is 0 Å². The van der Waals surface area contributed by atoms with Gasteiger partial charge < -0.3 is 0 Å². The summed E-state index contributed by atoms with van der Waals surface area (Å²) in [6.45, 7) is 0. The Morgan fingerprint density at radius 1 is 0.609 bits per heavy atom. The summed E-state index contributed by atoms with van der Waals surface area (Å²) < 4.78 is 0. The van der Waals surface area contributed by atoms with E-state index in [2.05, 4.69) is 72.8 Å². The Hall–Kier alpha value is -2.93. The number of benzene rings is 3. The summed E-state index contributed by atoms with van der Waals surface area (Å²) in [4.78, 5) is 4.90. The molecule has 0 fully saturated rings. The van der Waals surface area contributed by atoms with Crippen molar-refractivity contribution in [2.75, 3.05) is 0 Å². The van der Waals surface area contributed by atoms with Gasteiger partial charge in [-0.15, -0.1) is 0 Å². The minimum absolute atomic E-state index is 1.02. The zero-order chi connectivity index (χ0) is 15.2. The van der Waals surface area contributed by atoms with Crippen LogP contribution in [0.5, 0.6) is 0 Å². The number of rotatable bonds is 1. The molecule has 1 aliphatic rings. The molecule has 3 aromatic carbocycles. The minimum Gasteiger partial charge on any atom is -0.248 e. The minimum atomic E-state index is 1.02. The third kappa shape index (κ3) is 1.90. The zero-order valence-corrected chi connectivity index (χ0v) is 12.7. The van der Waals surface area contributed by atoms with Crippen LogP contribution in [0.15, 0.2) is 78.9 Å². The number of para-hydroxylation sites is 1. The number of aromatic nitrogens is 1. The van der Waals surface area contributed by atoms with Gasteiger partial charge in [0, 0.05) is 10.9 Å². The normalized spacial score (nSPS) is 12.2. The van der Waals surface area contributed by atoms with Crippen molar-refractivity contribution in [1.29, 1.82) is 0 Å². The summed E-state index contributed by atoms with van der Waals surface area (Å²) in [5.74, 6) is 0. The number of fused-ring (bicyclic) bond motifs is 4. The molecule has 0 bridgehead atoms. The van der Waals surface area contributed by atoms with E-state index in [9.17, 15) is 0 Å². The summed E-state index contributed by atoms with van der Waals surface area (Å²) in [7, 11) is 0. The zero-order valence-electron chi connectivity index (χ0n) is 12.7. The highest BCUT2D eigenvalue weighted by molar-refractivity contribution is 5.91. The molecule has 1 aliphatic carbocycles. The molecule has 0 aliphatic heterocycles. The van der Waals surface area contributed by atoms with E-state index in [1.54, 1.807) is 0 Å². The Labute approximate surface area is 135 Å². The maximum atomic E-state index is 4.90. The maximum absolute atomic E-state index is 4.90. The second-order valence-electron chi connectivity index (χ2n) is 6.06. The summed E-state index contributed by atoms with van der Waals surface area (Å²) in [5, 5.41) is 1.18. The molecule has 1 heterocycles. The average Bonchev–Trinajstić information content (AvgIpc) is 3.00. The predicted molar refractivity (Wildman–Crippen MR) is 95.4 cm³/mol. The van der Waals surface area contributed by atoms with Gasteiger partial charge in [0.25, 0.3) is 0 Å². The van der Waals surface area contributed by atoms with E-state index in [0.717, 1.165) is 17.6 Å². The molecule has 1 heteroatoms. The largest absolute Gasteiger partial charge is 0.248 e. The van der Waals surface area contributed by atoms with Gasteiger partial charge in [0.05, 0.1) is 11.2 Å². The van der Waals surface area contributed by atoms with Crippen LogP contribution in [0.2, 0.25) is 0 Å². The highest BCUT2D eigenvalue weighted by Gasteiger charge is 2.21. The van der Waals surface area contributed by atoms with Gasteiger partial charge in [0.1, 0.15) is 0 Å². The highest BCUT2D eigenvalue weighted by atomic mass is 14.7. The second-order valence-corrected chi connectivity index (χ2v) is 6.06. The lowest BCUT2D eigenvalue weighted by Crippen LogP contribution is -1.89. The third-order valence-electron chi connectivity index (χ3n) is 4.69. The van der Waals surface area contributed by atoms with E-state index in [1.165, 1.54) is 33.2 Å². The molecule has 5 rings (SSSR count). The summed E-state index contributed by atoms with van der Waals surface area (Å²) in [6, 6.07) is 27.9. The predicted octanol–water partition coefficient (Wildman–Crippen LogP) is 5.47. The van der Waals surface area contributed by atoms with Crippen molar-refractivity contribution in [3.05, 3.63) is 90.0 Å². The molecule has 0 saturated carbocycles. The topological polar surface area (TPSA) is 12.9 Å². The molecule has 23 heavy (non-hydrogen) atoms. The van der Waals surface area contributed by atoms with Crippen molar-refractivity contribution in [3.8, 4) is 22.4 Å². The molecule has 0 amide bonds. The molecule has 4 aromatic rings. The molecule has 0 atom stereocenters. The lowest BCUT2D eigenvalue weighted by Gasteiger charge is -2.10. The first-order chi connectivity index (χ1) is 11.4. The Morgan fingerprint density at radius 2 is 1.39 bits per heavy atom. The van der Waals surface area contributed by atoms with Crippen LogP contribution < -0.4 is 0 Å². The Bertz CT molecular complexity index is 1050. The van der Waals surface area contributed by atoms with Crippen molar-refractivity contribution < 1.29 is 0 Å².